The minimum Gasteiger partial charge on any atom is -0.420 e. The second-order valence-corrected chi connectivity index (χ2v) is 3.70. The number of halogens is 1. The third-order valence-electron chi connectivity index (χ3n) is 1.55. The zero-order chi connectivity index (χ0) is 9.30. The monoisotopic (exact) mass is 227 g/mol. The van der Waals surface area contributed by atoms with Crippen molar-refractivity contribution in [3.8, 4) is 0 Å². The van der Waals surface area contributed by atoms with E-state index in [2.05, 4.69) is 0 Å². The van der Waals surface area contributed by atoms with Gasteiger partial charge in [0.1, 0.15) is 0 Å². The Kier molecular flexibility index (Phi) is 5.32. The Morgan fingerprint density at radius 2 is 1.92 bits per heavy atom. The standard InChI is InChI=1S/C7H7ClNO2S.Na/c1-4-6(8)2-5(12(10)11)3-7(4)9;/h2-3H,9H2,1H3;/q-1;+1. The van der Waals surface area contributed by atoms with Crippen LogP contribution in [0.2, 0.25) is 5.02 Å². The number of nitrogens with two attached hydrogens (primary N) is 1. The van der Waals surface area contributed by atoms with Crippen LogP contribution < -0.4 is 35.3 Å². The van der Waals surface area contributed by atoms with Crippen LogP contribution >= 0.6 is 11.6 Å². The molecule has 0 saturated carbocycles. The molecule has 6 heteroatoms. The molecule has 0 saturated heterocycles. The number of rotatable bonds is 1. The SMILES string of the molecule is Cc1c(N)cc([S-](=O)=O)cc1Cl.[Na+]. The zero-order valence-corrected chi connectivity index (χ0v) is 10.9. The van der Waals surface area contributed by atoms with Crippen LogP contribution in [-0.2, 0) is 19.1 Å². The van der Waals surface area contributed by atoms with E-state index in [1.54, 1.807) is 6.92 Å². The first-order chi connectivity index (χ1) is 5.52. The summed E-state index contributed by atoms with van der Waals surface area (Å²) in [5.74, 6) is 0. The van der Waals surface area contributed by atoms with Gasteiger partial charge in [-0.3, -0.25) is 0 Å². The van der Waals surface area contributed by atoms with Gasteiger partial charge in [0.2, 0.25) is 0 Å². The van der Waals surface area contributed by atoms with E-state index in [9.17, 15) is 8.42 Å². The maximum atomic E-state index is 10.5. The van der Waals surface area contributed by atoms with E-state index in [-0.39, 0.29) is 34.5 Å². The van der Waals surface area contributed by atoms with Gasteiger partial charge in [0.25, 0.3) is 0 Å². The van der Waals surface area contributed by atoms with Gasteiger partial charge in [0, 0.05) is 10.7 Å². The number of nitrogen functional groups attached to an aromatic ring is 1. The molecule has 0 amide bonds. The van der Waals surface area contributed by atoms with E-state index in [4.69, 9.17) is 17.3 Å². The molecule has 0 bridgehead atoms. The van der Waals surface area contributed by atoms with Gasteiger partial charge in [-0.25, -0.2) is 0 Å². The predicted molar refractivity (Wildman–Crippen MR) is 47.6 cm³/mol. The molecule has 1 aromatic rings. The van der Waals surface area contributed by atoms with Gasteiger partial charge in [-0.1, -0.05) is 28.6 Å². The van der Waals surface area contributed by atoms with E-state index in [1.165, 1.54) is 12.1 Å². The van der Waals surface area contributed by atoms with Crippen molar-refractivity contribution in [2.24, 2.45) is 0 Å². The summed E-state index contributed by atoms with van der Waals surface area (Å²) in [5, 5.41) is 0.370. The first-order valence-electron chi connectivity index (χ1n) is 3.17. The fraction of sp³-hybridized carbons (Fsp3) is 0.143. The maximum absolute atomic E-state index is 10.5. The fourth-order valence-corrected chi connectivity index (χ4v) is 1.50. The summed E-state index contributed by atoms with van der Waals surface area (Å²) in [5.41, 5.74) is 6.59. The second-order valence-electron chi connectivity index (χ2n) is 2.35. The molecule has 0 spiro atoms. The fourth-order valence-electron chi connectivity index (χ4n) is 0.770. The Labute approximate surface area is 106 Å². The largest absolute Gasteiger partial charge is 1.00 e. The zero-order valence-electron chi connectivity index (χ0n) is 7.33. The quantitative estimate of drug-likeness (QED) is 0.377. The topological polar surface area (TPSA) is 60.2 Å². The van der Waals surface area contributed by atoms with Crippen molar-refractivity contribution in [1.29, 1.82) is 0 Å². The van der Waals surface area contributed by atoms with Crippen LogP contribution in [0.5, 0.6) is 0 Å². The molecule has 0 aromatic heterocycles. The molecule has 2 N–H and O–H groups in total. The molecule has 0 unspecified atom stereocenters. The second kappa shape index (κ2) is 5.22. The summed E-state index contributed by atoms with van der Waals surface area (Å²) in [4.78, 5) is 0.114. The molecule has 0 aliphatic rings. The normalized spacial score (nSPS) is 9.77. The van der Waals surface area contributed by atoms with Crippen molar-refractivity contribution < 1.29 is 38.0 Å². The molecular weight excluding hydrogens is 221 g/mol. The molecule has 66 valence electrons. The van der Waals surface area contributed by atoms with Crippen molar-refractivity contribution >= 4 is 28.0 Å². The summed E-state index contributed by atoms with van der Waals surface area (Å²) in [6.07, 6.45) is 0. The van der Waals surface area contributed by atoms with Crippen molar-refractivity contribution in [2.75, 3.05) is 5.73 Å². The Balaban J connectivity index is 0.00000144. The average Bonchev–Trinajstić information content (AvgIpc) is 1.99. The van der Waals surface area contributed by atoms with E-state index < -0.39 is 10.7 Å². The van der Waals surface area contributed by atoms with Gasteiger partial charge >= 0.3 is 29.6 Å². The molecule has 0 fully saturated rings. The van der Waals surface area contributed by atoms with Gasteiger partial charge in [-0.05, 0) is 23.2 Å². The van der Waals surface area contributed by atoms with Crippen LogP contribution in [0, 0.1) is 6.92 Å². The Morgan fingerprint density at radius 3 is 2.31 bits per heavy atom. The van der Waals surface area contributed by atoms with Crippen molar-refractivity contribution in [1.82, 2.24) is 0 Å². The van der Waals surface area contributed by atoms with Gasteiger partial charge in [0.15, 0.2) is 0 Å². The minimum absolute atomic E-state index is 0. The molecule has 0 aliphatic carbocycles. The summed E-state index contributed by atoms with van der Waals surface area (Å²) in [7, 11) is -2.27. The minimum atomic E-state index is -2.27. The molecule has 0 heterocycles. The van der Waals surface area contributed by atoms with Gasteiger partial charge < -0.3 is 14.2 Å². The van der Waals surface area contributed by atoms with E-state index in [0.29, 0.717) is 16.3 Å². The van der Waals surface area contributed by atoms with Crippen molar-refractivity contribution in [3.63, 3.8) is 0 Å². The number of benzene rings is 1. The summed E-state index contributed by atoms with van der Waals surface area (Å²) < 4.78 is 21.0. The van der Waals surface area contributed by atoms with Gasteiger partial charge in [-0.2, -0.15) is 0 Å². The summed E-state index contributed by atoms with van der Waals surface area (Å²) in [6.45, 7) is 1.73. The number of anilines is 1. The molecular formula is C7H7ClNNaO2S. The molecule has 0 radical (unpaired) electrons. The number of hydrogen-bond acceptors (Lipinski definition) is 4. The van der Waals surface area contributed by atoms with E-state index >= 15 is 0 Å². The summed E-state index contributed by atoms with van der Waals surface area (Å²) in [6, 6.07) is 2.75. The summed E-state index contributed by atoms with van der Waals surface area (Å²) >= 11 is 5.71. The van der Waals surface area contributed by atoms with Gasteiger partial charge in [-0.15, -0.1) is 0 Å². The Morgan fingerprint density at radius 1 is 1.38 bits per heavy atom. The smallest absolute Gasteiger partial charge is 0.420 e. The van der Waals surface area contributed by atoms with E-state index in [1.807, 2.05) is 0 Å². The average molecular weight is 228 g/mol. The Bertz CT molecular complexity index is 361. The predicted octanol–water partition coefficient (Wildman–Crippen LogP) is -1.10. The van der Waals surface area contributed by atoms with Crippen molar-refractivity contribution in [2.45, 2.75) is 11.8 Å². The third-order valence-corrected chi connectivity index (χ3v) is 2.56. The van der Waals surface area contributed by atoms with Gasteiger partial charge in [0.05, 0.1) is 0 Å². The first kappa shape index (κ1) is 13.3. The van der Waals surface area contributed by atoms with Crippen LogP contribution in [0.4, 0.5) is 5.69 Å². The van der Waals surface area contributed by atoms with E-state index in [0.717, 1.165) is 0 Å². The molecule has 13 heavy (non-hydrogen) atoms. The molecule has 0 atom stereocenters. The molecule has 1 aromatic carbocycles. The number of hydrogen-bond donors (Lipinski definition) is 1. The molecule has 1 rings (SSSR count). The third kappa shape index (κ3) is 3.14. The molecule has 0 aliphatic heterocycles. The van der Waals surface area contributed by atoms with Crippen LogP contribution in [0.15, 0.2) is 17.0 Å². The first-order valence-corrected chi connectivity index (χ1v) is 4.62. The van der Waals surface area contributed by atoms with Crippen LogP contribution in [0.3, 0.4) is 0 Å². The molecule has 3 nitrogen and oxygen atoms in total. The Hall–Kier alpha value is 0.260. The van der Waals surface area contributed by atoms with Crippen LogP contribution in [0.1, 0.15) is 5.56 Å². The maximum Gasteiger partial charge on any atom is 1.00 e. The van der Waals surface area contributed by atoms with Crippen molar-refractivity contribution in [3.05, 3.63) is 22.7 Å². The van der Waals surface area contributed by atoms with Crippen LogP contribution in [-0.4, -0.2) is 0 Å². The van der Waals surface area contributed by atoms with Crippen LogP contribution in [0.25, 0.3) is 0 Å².